The molecule has 1 aromatic carbocycles. The molecule has 4 heterocycles. The van der Waals surface area contributed by atoms with Crippen molar-refractivity contribution in [2.24, 2.45) is 0 Å². The van der Waals surface area contributed by atoms with Crippen molar-refractivity contribution >= 4 is 32.6 Å². The summed E-state index contributed by atoms with van der Waals surface area (Å²) in [6.45, 7) is 9.40. The second-order valence-electron chi connectivity index (χ2n) is 10.3. The van der Waals surface area contributed by atoms with Gasteiger partial charge in [0.05, 0.1) is 49.0 Å². The largest absolute Gasteiger partial charge is 0.486 e. The van der Waals surface area contributed by atoms with E-state index in [1.165, 1.54) is 6.26 Å². The minimum Gasteiger partial charge on any atom is -0.486 e. The molecule has 1 saturated heterocycles. The molecule has 0 aliphatic carbocycles. The van der Waals surface area contributed by atoms with Crippen LogP contribution in [0, 0.1) is 0 Å². The lowest BCUT2D eigenvalue weighted by Gasteiger charge is -2.41. The Bertz CT molecular complexity index is 1420. The molecule has 2 aliphatic heterocycles. The lowest BCUT2D eigenvalue weighted by molar-refractivity contribution is 0.0207. The van der Waals surface area contributed by atoms with E-state index in [4.69, 9.17) is 29.2 Å². The molecule has 1 N–H and O–H groups in total. The van der Waals surface area contributed by atoms with E-state index in [2.05, 4.69) is 24.1 Å². The Kier molecular flexibility index (Phi) is 6.53. The van der Waals surface area contributed by atoms with Crippen LogP contribution in [0.4, 0.5) is 11.8 Å². The van der Waals surface area contributed by atoms with Crippen LogP contribution < -0.4 is 15.0 Å². The normalized spacial score (nSPS) is 19.3. The fourth-order valence-corrected chi connectivity index (χ4v) is 5.19. The molecule has 2 aliphatic rings. The number of hydrogen-bond acceptors (Lipinski definition) is 10. The SMILES string of the molecule is COC[C@@H](C)N1c2nc(-n3c(NC4COC4)nc4ccccc43)nc(C(C)(C)S(C)(=O)=O)c2OC[C@@H]1C. The van der Waals surface area contributed by atoms with Crippen molar-refractivity contribution < 1.29 is 22.6 Å². The standard InChI is InChI=1S/C25H34N6O5S/c1-15(11-34-5)30-16(2)12-36-20-21(25(3,4)37(6,32)33)28-24(29-22(20)30)31-19-10-8-7-9-18(19)27-23(31)26-17-13-35-14-17/h7-10,15-17H,11-14H2,1-6H3,(H,26,27)/t15-,16+/m1/s1. The molecule has 0 saturated carbocycles. The molecule has 2 atom stereocenters. The zero-order chi connectivity index (χ0) is 26.5. The molecule has 37 heavy (non-hydrogen) atoms. The van der Waals surface area contributed by atoms with Crippen LogP contribution in [0.1, 0.15) is 33.4 Å². The first-order chi connectivity index (χ1) is 17.5. The van der Waals surface area contributed by atoms with E-state index in [9.17, 15) is 8.42 Å². The lowest BCUT2D eigenvalue weighted by atomic mass is 10.1. The highest BCUT2D eigenvalue weighted by Crippen LogP contribution is 2.43. The van der Waals surface area contributed by atoms with Crippen molar-refractivity contribution in [3.8, 4) is 11.7 Å². The van der Waals surface area contributed by atoms with Gasteiger partial charge in [-0.1, -0.05) is 12.1 Å². The first kappa shape index (κ1) is 25.7. The van der Waals surface area contributed by atoms with Gasteiger partial charge in [0.2, 0.25) is 11.9 Å². The molecular formula is C25H34N6O5S. The van der Waals surface area contributed by atoms with Crippen LogP contribution in [0.25, 0.3) is 17.0 Å². The number of rotatable bonds is 8. The average molecular weight is 531 g/mol. The second-order valence-corrected chi connectivity index (χ2v) is 12.9. The summed E-state index contributed by atoms with van der Waals surface area (Å²) in [7, 11) is -1.91. The van der Waals surface area contributed by atoms with Crippen molar-refractivity contribution in [2.45, 2.75) is 50.6 Å². The van der Waals surface area contributed by atoms with E-state index in [-0.39, 0.29) is 18.1 Å². The number of para-hydroxylation sites is 2. The molecule has 0 bridgehead atoms. The number of fused-ring (bicyclic) bond motifs is 2. The summed E-state index contributed by atoms with van der Waals surface area (Å²) < 4.78 is 43.5. The highest BCUT2D eigenvalue weighted by atomic mass is 32.2. The minimum atomic E-state index is -3.57. The maximum absolute atomic E-state index is 13.0. The quantitative estimate of drug-likeness (QED) is 0.465. The summed E-state index contributed by atoms with van der Waals surface area (Å²) in [4.78, 5) is 16.8. The van der Waals surface area contributed by atoms with Gasteiger partial charge >= 0.3 is 0 Å². The summed E-state index contributed by atoms with van der Waals surface area (Å²) in [5.41, 5.74) is 1.88. The Morgan fingerprint density at radius 2 is 1.92 bits per heavy atom. The number of anilines is 2. The first-order valence-corrected chi connectivity index (χ1v) is 14.3. The summed E-state index contributed by atoms with van der Waals surface area (Å²) in [6, 6.07) is 7.77. The molecule has 3 aromatic rings. The number of ether oxygens (including phenoxy) is 3. The summed E-state index contributed by atoms with van der Waals surface area (Å²) in [5, 5.41) is 3.43. The van der Waals surface area contributed by atoms with Gasteiger partial charge in [0.25, 0.3) is 0 Å². The van der Waals surface area contributed by atoms with Crippen LogP contribution in [0.5, 0.6) is 5.75 Å². The van der Waals surface area contributed by atoms with Crippen molar-refractivity contribution in [1.29, 1.82) is 0 Å². The van der Waals surface area contributed by atoms with Gasteiger partial charge < -0.3 is 24.4 Å². The number of benzene rings is 1. The molecule has 0 amide bonds. The Morgan fingerprint density at radius 1 is 1.19 bits per heavy atom. The number of nitrogens with zero attached hydrogens (tertiary/aromatic N) is 5. The second kappa shape index (κ2) is 9.41. The first-order valence-electron chi connectivity index (χ1n) is 12.4. The monoisotopic (exact) mass is 530 g/mol. The molecule has 11 nitrogen and oxygen atoms in total. The van der Waals surface area contributed by atoms with Crippen molar-refractivity contribution in [1.82, 2.24) is 19.5 Å². The maximum Gasteiger partial charge on any atom is 0.239 e. The fourth-order valence-electron chi connectivity index (χ4n) is 4.70. The van der Waals surface area contributed by atoms with E-state index >= 15 is 0 Å². The van der Waals surface area contributed by atoms with Gasteiger partial charge in [-0.05, 0) is 39.8 Å². The Morgan fingerprint density at radius 3 is 2.57 bits per heavy atom. The molecule has 2 aromatic heterocycles. The molecule has 12 heteroatoms. The van der Waals surface area contributed by atoms with Gasteiger partial charge in [-0.3, -0.25) is 0 Å². The van der Waals surface area contributed by atoms with E-state index in [1.54, 1.807) is 21.0 Å². The predicted molar refractivity (Wildman–Crippen MR) is 142 cm³/mol. The van der Waals surface area contributed by atoms with Gasteiger partial charge in [0.15, 0.2) is 21.4 Å². The highest BCUT2D eigenvalue weighted by Gasteiger charge is 2.42. The molecule has 0 radical (unpaired) electrons. The van der Waals surface area contributed by atoms with Crippen molar-refractivity contribution in [3.63, 3.8) is 0 Å². The molecule has 1 fully saturated rings. The average Bonchev–Trinajstić information content (AvgIpc) is 3.18. The van der Waals surface area contributed by atoms with Crippen molar-refractivity contribution in [3.05, 3.63) is 30.0 Å². The zero-order valence-electron chi connectivity index (χ0n) is 22.1. The minimum absolute atomic E-state index is 0.0150. The number of methoxy groups -OCH3 is 1. The fraction of sp³-hybridized carbons (Fsp3) is 0.560. The molecule has 200 valence electrons. The van der Waals surface area contributed by atoms with Gasteiger partial charge in [-0.25, -0.2) is 23.0 Å². The Balaban J connectivity index is 1.79. The number of sulfone groups is 1. The van der Waals surface area contributed by atoms with Gasteiger partial charge in [-0.15, -0.1) is 0 Å². The Labute approximate surface area is 217 Å². The van der Waals surface area contributed by atoms with E-state index in [0.717, 1.165) is 11.0 Å². The van der Waals surface area contributed by atoms with Gasteiger partial charge in [0.1, 0.15) is 17.0 Å². The van der Waals surface area contributed by atoms with E-state index in [0.29, 0.717) is 55.6 Å². The number of aromatic nitrogens is 4. The van der Waals surface area contributed by atoms with Crippen LogP contribution in [0.3, 0.4) is 0 Å². The van der Waals surface area contributed by atoms with E-state index < -0.39 is 14.6 Å². The lowest BCUT2D eigenvalue weighted by Crippen LogP contribution is -2.49. The highest BCUT2D eigenvalue weighted by molar-refractivity contribution is 7.91. The van der Waals surface area contributed by atoms with Crippen LogP contribution in [0.15, 0.2) is 24.3 Å². The third-order valence-electron chi connectivity index (χ3n) is 7.14. The van der Waals surface area contributed by atoms with E-state index in [1.807, 2.05) is 28.8 Å². The summed E-state index contributed by atoms with van der Waals surface area (Å²) >= 11 is 0. The Hall–Kier alpha value is -2.96. The van der Waals surface area contributed by atoms with Gasteiger partial charge in [-0.2, -0.15) is 4.98 Å². The molecule has 0 spiro atoms. The number of hydrogen-bond donors (Lipinski definition) is 1. The molecule has 0 unspecified atom stereocenters. The third-order valence-corrected chi connectivity index (χ3v) is 9.18. The summed E-state index contributed by atoms with van der Waals surface area (Å²) in [5.74, 6) is 1.80. The van der Waals surface area contributed by atoms with Gasteiger partial charge in [0, 0.05) is 13.4 Å². The third kappa shape index (κ3) is 4.40. The smallest absolute Gasteiger partial charge is 0.239 e. The molecular weight excluding hydrogens is 496 g/mol. The van der Waals surface area contributed by atoms with Crippen LogP contribution in [-0.2, 0) is 24.1 Å². The summed E-state index contributed by atoms with van der Waals surface area (Å²) in [6.07, 6.45) is 1.22. The number of nitrogens with one attached hydrogen (secondary N) is 1. The predicted octanol–water partition coefficient (Wildman–Crippen LogP) is 2.53. The van der Waals surface area contributed by atoms with Crippen LogP contribution in [0.2, 0.25) is 0 Å². The topological polar surface area (TPSA) is 121 Å². The van der Waals surface area contributed by atoms with Crippen LogP contribution >= 0.6 is 0 Å². The van der Waals surface area contributed by atoms with Crippen LogP contribution in [-0.4, -0.2) is 85.9 Å². The number of imidazole rings is 1. The molecule has 5 rings (SSSR count). The maximum atomic E-state index is 13.0. The zero-order valence-corrected chi connectivity index (χ0v) is 22.9. The van der Waals surface area contributed by atoms with Crippen molar-refractivity contribution in [2.75, 3.05) is 50.0 Å².